The minimum Gasteiger partial charge on any atom is -0.259 e. The lowest BCUT2D eigenvalue weighted by molar-refractivity contribution is -0.403. The summed E-state index contributed by atoms with van der Waals surface area (Å²) in [6.07, 6.45) is 5.90. The Balaban J connectivity index is 2.13. The van der Waals surface area contributed by atoms with Gasteiger partial charge in [-0.15, -0.1) is 0 Å². The number of rotatable bonds is 1. The van der Waals surface area contributed by atoms with E-state index in [-0.39, 0.29) is 4.92 Å². The van der Waals surface area contributed by atoms with Crippen molar-refractivity contribution in [2.45, 2.75) is 25.7 Å². The fourth-order valence-corrected chi connectivity index (χ4v) is 2.39. The van der Waals surface area contributed by atoms with E-state index in [0.717, 1.165) is 17.9 Å². The van der Waals surface area contributed by atoms with Gasteiger partial charge in [0.2, 0.25) is 6.20 Å². The molecule has 0 spiro atoms. The lowest BCUT2D eigenvalue weighted by Crippen LogP contribution is -2.00. The van der Waals surface area contributed by atoms with E-state index in [1.807, 2.05) is 0 Å². The summed E-state index contributed by atoms with van der Waals surface area (Å²) in [5, 5.41) is 10.2. The number of hydrogen-bond acceptors (Lipinski definition) is 2. The summed E-state index contributed by atoms with van der Waals surface area (Å²) in [7, 11) is 0. The maximum absolute atomic E-state index is 10.2. The highest BCUT2D eigenvalue weighted by Crippen LogP contribution is 2.47. The van der Waals surface area contributed by atoms with E-state index < -0.39 is 0 Å². The molecule has 2 atom stereocenters. The Kier molecular flexibility index (Phi) is 1.44. The van der Waals surface area contributed by atoms with Gasteiger partial charge in [0.25, 0.3) is 0 Å². The number of nitro groups is 1. The zero-order chi connectivity index (χ0) is 7.84. The van der Waals surface area contributed by atoms with Crippen LogP contribution in [0, 0.1) is 22.0 Å². The van der Waals surface area contributed by atoms with Crippen LogP contribution < -0.4 is 0 Å². The van der Waals surface area contributed by atoms with Gasteiger partial charge in [-0.25, -0.2) is 0 Å². The largest absolute Gasteiger partial charge is 0.259 e. The topological polar surface area (TPSA) is 43.1 Å². The molecule has 60 valence electrons. The third-order valence-electron chi connectivity index (χ3n) is 2.86. The molecule has 0 saturated heterocycles. The molecular formula is C8H11NO2. The Morgan fingerprint density at radius 1 is 1.55 bits per heavy atom. The van der Waals surface area contributed by atoms with Crippen LogP contribution in [0.3, 0.4) is 0 Å². The van der Waals surface area contributed by atoms with Crippen molar-refractivity contribution in [2.24, 2.45) is 11.8 Å². The molecule has 2 unspecified atom stereocenters. The third kappa shape index (κ3) is 1.15. The minimum absolute atomic E-state index is 0.309. The first-order valence-electron chi connectivity index (χ1n) is 4.10. The van der Waals surface area contributed by atoms with Crippen molar-refractivity contribution in [3.63, 3.8) is 0 Å². The summed E-state index contributed by atoms with van der Waals surface area (Å²) in [5.41, 5.74) is 1.09. The number of nitrogens with zero attached hydrogens (tertiary/aromatic N) is 1. The van der Waals surface area contributed by atoms with E-state index in [0.29, 0.717) is 5.92 Å². The number of allylic oxidation sites excluding steroid dienone is 1. The molecule has 0 heterocycles. The molecular weight excluding hydrogens is 142 g/mol. The number of fused-ring (bicyclic) bond motifs is 2. The molecule has 0 amide bonds. The van der Waals surface area contributed by atoms with Crippen LogP contribution >= 0.6 is 0 Å². The summed E-state index contributed by atoms with van der Waals surface area (Å²) in [5.74, 6) is 1.33. The summed E-state index contributed by atoms with van der Waals surface area (Å²) < 4.78 is 0. The second kappa shape index (κ2) is 2.32. The molecule has 0 aromatic rings. The van der Waals surface area contributed by atoms with Crippen molar-refractivity contribution in [3.05, 3.63) is 21.9 Å². The van der Waals surface area contributed by atoms with Crippen molar-refractivity contribution in [1.82, 2.24) is 0 Å². The molecule has 11 heavy (non-hydrogen) atoms. The van der Waals surface area contributed by atoms with Gasteiger partial charge < -0.3 is 0 Å². The van der Waals surface area contributed by atoms with Crippen LogP contribution in [0.25, 0.3) is 0 Å². The predicted molar refractivity (Wildman–Crippen MR) is 40.5 cm³/mol. The smallest absolute Gasteiger partial charge is 0.233 e. The van der Waals surface area contributed by atoms with Gasteiger partial charge in [0.05, 0.1) is 4.92 Å². The Bertz CT molecular complexity index is 222. The molecule has 2 rings (SSSR count). The first kappa shape index (κ1) is 6.83. The summed E-state index contributed by atoms with van der Waals surface area (Å²) in [6.45, 7) is 0. The summed E-state index contributed by atoms with van der Waals surface area (Å²) in [4.78, 5) is 9.85. The van der Waals surface area contributed by atoms with E-state index in [1.165, 1.54) is 25.5 Å². The molecule has 2 aliphatic rings. The van der Waals surface area contributed by atoms with Gasteiger partial charge in [-0.05, 0) is 37.5 Å². The highest BCUT2D eigenvalue weighted by molar-refractivity contribution is 5.14. The SMILES string of the molecule is O=[N+]([O-])/C=C1\CC2CCC1C2. The van der Waals surface area contributed by atoms with Gasteiger partial charge in [-0.3, -0.25) is 10.1 Å². The van der Waals surface area contributed by atoms with Crippen molar-refractivity contribution in [3.8, 4) is 0 Å². The zero-order valence-corrected chi connectivity index (χ0v) is 6.32. The van der Waals surface area contributed by atoms with E-state index in [1.54, 1.807) is 0 Å². The molecule has 3 heteroatoms. The van der Waals surface area contributed by atoms with Crippen molar-refractivity contribution < 1.29 is 4.92 Å². The van der Waals surface area contributed by atoms with E-state index in [9.17, 15) is 10.1 Å². The third-order valence-corrected chi connectivity index (χ3v) is 2.86. The minimum atomic E-state index is -0.309. The highest BCUT2D eigenvalue weighted by atomic mass is 16.6. The molecule has 2 saturated carbocycles. The highest BCUT2D eigenvalue weighted by Gasteiger charge is 2.36. The van der Waals surface area contributed by atoms with Crippen LogP contribution in [-0.2, 0) is 0 Å². The van der Waals surface area contributed by atoms with Crippen LogP contribution in [0.4, 0.5) is 0 Å². The molecule has 0 aromatic carbocycles. The second-order valence-electron chi connectivity index (χ2n) is 3.57. The first-order chi connectivity index (χ1) is 5.25. The maximum atomic E-state index is 10.2. The Morgan fingerprint density at radius 2 is 2.36 bits per heavy atom. The molecule has 0 N–H and O–H groups in total. The van der Waals surface area contributed by atoms with Crippen molar-refractivity contribution >= 4 is 0 Å². The first-order valence-corrected chi connectivity index (χ1v) is 4.10. The molecule has 2 fully saturated rings. The predicted octanol–water partition coefficient (Wildman–Crippen LogP) is 1.97. The molecule has 0 aromatic heterocycles. The van der Waals surface area contributed by atoms with Crippen LogP contribution in [0.2, 0.25) is 0 Å². The van der Waals surface area contributed by atoms with Crippen LogP contribution in [0.1, 0.15) is 25.7 Å². The van der Waals surface area contributed by atoms with Gasteiger partial charge >= 0.3 is 0 Å². The van der Waals surface area contributed by atoms with Crippen molar-refractivity contribution in [2.75, 3.05) is 0 Å². The molecule has 2 aliphatic carbocycles. The quantitative estimate of drug-likeness (QED) is 0.427. The summed E-state index contributed by atoms with van der Waals surface area (Å²) >= 11 is 0. The molecule has 3 nitrogen and oxygen atoms in total. The van der Waals surface area contributed by atoms with E-state index >= 15 is 0 Å². The van der Waals surface area contributed by atoms with Gasteiger partial charge in [0.15, 0.2) is 0 Å². The Morgan fingerprint density at radius 3 is 2.82 bits per heavy atom. The standard InChI is InChI=1S/C8H11NO2/c10-9(11)5-8-4-6-1-2-7(8)3-6/h5-7H,1-4H2/b8-5+. The summed E-state index contributed by atoms with van der Waals surface area (Å²) in [6, 6.07) is 0. The molecule has 0 aliphatic heterocycles. The second-order valence-corrected chi connectivity index (χ2v) is 3.57. The average molecular weight is 153 g/mol. The van der Waals surface area contributed by atoms with Gasteiger partial charge in [0.1, 0.15) is 0 Å². The lowest BCUT2D eigenvalue weighted by atomic mass is 9.96. The Labute approximate surface area is 65.2 Å². The van der Waals surface area contributed by atoms with Crippen LogP contribution in [0.15, 0.2) is 11.8 Å². The van der Waals surface area contributed by atoms with E-state index in [2.05, 4.69) is 0 Å². The fourth-order valence-electron chi connectivity index (χ4n) is 2.39. The maximum Gasteiger partial charge on any atom is 0.233 e. The van der Waals surface area contributed by atoms with Crippen molar-refractivity contribution in [1.29, 1.82) is 0 Å². The molecule has 2 bridgehead atoms. The number of hydrogen-bond donors (Lipinski definition) is 0. The lowest BCUT2D eigenvalue weighted by Gasteiger charge is -2.09. The van der Waals surface area contributed by atoms with Gasteiger partial charge in [-0.1, -0.05) is 0 Å². The Hall–Kier alpha value is -0.860. The average Bonchev–Trinajstić information content (AvgIpc) is 2.45. The van der Waals surface area contributed by atoms with Gasteiger partial charge in [0, 0.05) is 5.57 Å². The van der Waals surface area contributed by atoms with Gasteiger partial charge in [-0.2, -0.15) is 0 Å². The fraction of sp³-hybridized carbons (Fsp3) is 0.750. The molecule has 0 radical (unpaired) electrons. The van der Waals surface area contributed by atoms with Crippen LogP contribution in [0.5, 0.6) is 0 Å². The normalized spacial score (nSPS) is 38.4. The monoisotopic (exact) mass is 153 g/mol. The van der Waals surface area contributed by atoms with E-state index in [4.69, 9.17) is 0 Å². The van der Waals surface area contributed by atoms with Crippen LogP contribution in [-0.4, -0.2) is 4.92 Å². The zero-order valence-electron chi connectivity index (χ0n) is 6.32.